The maximum Gasteiger partial charge on any atom is 0.331 e. The summed E-state index contributed by atoms with van der Waals surface area (Å²) in [5.41, 5.74) is 2.73. The summed E-state index contributed by atoms with van der Waals surface area (Å²) in [5, 5.41) is 4.17. The second kappa shape index (κ2) is 2.00. The highest BCUT2D eigenvalue weighted by Crippen LogP contribution is 1.88. The van der Waals surface area contributed by atoms with Crippen LogP contribution in [0.3, 0.4) is 0 Å². The molecule has 0 aromatic heterocycles. The summed E-state index contributed by atoms with van der Waals surface area (Å²) < 4.78 is 0. The lowest BCUT2D eigenvalue weighted by atomic mass is 10.7. The van der Waals surface area contributed by atoms with Crippen molar-refractivity contribution in [3.05, 3.63) is 0 Å². The Labute approximate surface area is 47.8 Å². The molecule has 1 heterocycles. The van der Waals surface area contributed by atoms with Gasteiger partial charge >= 0.3 is 6.03 Å². The zero-order valence-corrected chi connectivity index (χ0v) is 4.77. The van der Waals surface area contributed by atoms with Gasteiger partial charge in [0.15, 0.2) is 0 Å². The van der Waals surface area contributed by atoms with Crippen LogP contribution in [0.1, 0.15) is 0 Å². The van der Waals surface area contributed by atoms with Gasteiger partial charge in [-0.1, -0.05) is 0 Å². The maximum absolute atomic E-state index is 10.6. The molecule has 2 N–H and O–H groups in total. The lowest BCUT2D eigenvalue weighted by Crippen LogP contribution is -2.37. The van der Waals surface area contributed by atoms with Crippen molar-refractivity contribution < 1.29 is 4.79 Å². The summed E-state index contributed by atoms with van der Waals surface area (Å²) in [5.74, 6) is 0. The minimum atomic E-state index is -0.0347. The van der Waals surface area contributed by atoms with Crippen LogP contribution in [-0.4, -0.2) is 31.2 Å². The first-order valence-corrected chi connectivity index (χ1v) is 2.57. The number of hydrogen-bond donors (Lipinski definition) is 2. The SMILES string of the molecule is CNN1CCNC1=O. The van der Waals surface area contributed by atoms with E-state index in [9.17, 15) is 4.79 Å². The van der Waals surface area contributed by atoms with E-state index in [1.54, 1.807) is 7.05 Å². The predicted octanol–water partition coefficient (Wildman–Crippen LogP) is -0.854. The van der Waals surface area contributed by atoms with Gasteiger partial charge in [0.05, 0.1) is 6.54 Å². The fourth-order valence-electron chi connectivity index (χ4n) is 0.685. The minimum Gasteiger partial charge on any atom is -0.335 e. The third kappa shape index (κ3) is 0.742. The Hall–Kier alpha value is -0.770. The summed E-state index contributed by atoms with van der Waals surface area (Å²) in [6.07, 6.45) is 0. The van der Waals surface area contributed by atoms with Gasteiger partial charge in [0, 0.05) is 13.6 Å². The van der Waals surface area contributed by atoms with Crippen molar-refractivity contribution in [3.63, 3.8) is 0 Å². The van der Waals surface area contributed by atoms with Gasteiger partial charge in [-0.25, -0.2) is 10.2 Å². The molecule has 4 nitrogen and oxygen atoms in total. The third-order valence-electron chi connectivity index (χ3n) is 1.13. The lowest BCUT2D eigenvalue weighted by Gasteiger charge is -2.09. The second-order valence-electron chi connectivity index (χ2n) is 1.61. The molecule has 0 radical (unpaired) electrons. The number of carbonyl (C=O) groups excluding carboxylic acids is 1. The standard InChI is InChI=1S/C4H9N3O/c1-5-7-3-2-6-4(7)8/h5H,2-3H2,1H3,(H,6,8). The van der Waals surface area contributed by atoms with Crippen LogP contribution in [0.5, 0.6) is 0 Å². The van der Waals surface area contributed by atoms with Gasteiger partial charge in [0.1, 0.15) is 0 Å². The molecule has 0 unspecified atom stereocenters. The third-order valence-corrected chi connectivity index (χ3v) is 1.13. The van der Waals surface area contributed by atoms with Gasteiger partial charge < -0.3 is 5.32 Å². The smallest absolute Gasteiger partial charge is 0.331 e. The average Bonchev–Trinajstić information content (AvgIpc) is 2.14. The summed E-state index contributed by atoms with van der Waals surface area (Å²) in [6.45, 7) is 1.51. The van der Waals surface area contributed by atoms with E-state index in [1.165, 1.54) is 5.01 Å². The highest BCUT2D eigenvalue weighted by Gasteiger charge is 2.16. The number of amides is 2. The molecule has 1 saturated heterocycles. The normalized spacial score (nSPS) is 19.1. The van der Waals surface area contributed by atoms with Gasteiger partial charge in [-0.3, -0.25) is 5.01 Å². The van der Waals surface area contributed by atoms with Gasteiger partial charge in [0.2, 0.25) is 0 Å². The minimum absolute atomic E-state index is 0.0347. The van der Waals surface area contributed by atoms with Crippen molar-refractivity contribution in [2.24, 2.45) is 0 Å². The van der Waals surface area contributed by atoms with Crippen LogP contribution >= 0.6 is 0 Å². The van der Waals surface area contributed by atoms with Crippen LogP contribution in [-0.2, 0) is 0 Å². The van der Waals surface area contributed by atoms with Crippen LogP contribution in [0.15, 0.2) is 0 Å². The highest BCUT2D eigenvalue weighted by molar-refractivity contribution is 5.75. The monoisotopic (exact) mass is 115 g/mol. The molecular formula is C4H9N3O. The summed E-state index contributed by atoms with van der Waals surface area (Å²) in [7, 11) is 1.73. The van der Waals surface area contributed by atoms with Gasteiger partial charge in [0.25, 0.3) is 0 Å². The Morgan fingerprint density at radius 3 is 2.88 bits per heavy atom. The molecule has 0 saturated carbocycles. The highest BCUT2D eigenvalue weighted by atomic mass is 16.2. The molecule has 46 valence electrons. The number of nitrogens with one attached hydrogen (secondary N) is 2. The van der Waals surface area contributed by atoms with Crippen LogP contribution in [0.25, 0.3) is 0 Å². The topological polar surface area (TPSA) is 44.4 Å². The Kier molecular flexibility index (Phi) is 1.34. The van der Waals surface area contributed by atoms with Crippen molar-refractivity contribution in [1.29, 1.82) is 0 Å². The number of urea groups is 1. The molecule has 0 aliphatic carbocycles. The molecule has 8 heavy (non-hydrogen) atoms. The quantitative estimate of drug-likeness (QED) is 0.467. The molecule has 0 aromatic rings. The van der Waals surface area contributed by atoms with Crippen molar-refractivity contribution in [3.8, 4) is 0 Å². The van der Waals surface area contributed by atoms with Crippen molar-refractivity contribution in [1.82, 2.24) is 15.8 Å². The molecule has 1 aliphatic heterocycles. The van der Waals surface area contributed by atoms with E-state index in [0.29, 0.717) is 0 Å². The molecule has 1 aliphatic rings. The number of hydrogen-bond acceptors (Lipinski definition) is 2. The fourth-order valence-corrected chi connectivity index (χ4v) is 0.685. The summed E-state index contributed by atoms with van der Waals surface area (Å²) in [4.78, 5) is 10.6. The zero-order valence-electron chi connectivity index (χ0n) is 4.77. The van der Waals surface area contributed by atoms with E-state index < -0.39 is 0 Å². The molecule has 0 bridgehead atoms. The van der Waals surface area contributed by atoms with Crippen molar-refractivity contribution in [2.75, 3.05) is 20.1 Å². The first-order chi connectivity index (χ1) is 3.84. The van der Waals surface area contributed by atoms with E-state index in [-0.39, 0.29) is 6.03 Å². The van der Waals surface area contributed by atoms with E-state index in [1.807, 2.05) is 0 Å². The number of hydrazine groups is 1. The summed E-state index contributed by atoms with van der Waals surface area (Å²) in [6, 6.07) is -0.0347. The van der Waals surface area contributed by atoms with E-state index in [0.717, 1.165) is 13.1 Å². The van der Waals surface area contributed by atoms with Gasteiger partial charge in [-0.2, -0.15) is 0 Å². The first kappa shape index (κ1) is 5.37. The van der Waals surface area contributed by atoms with E-state index in [4.69, 9.17) is 0 Å². The van der Waals surface area contributed by atoms with Crippen molar-refractivity contribution >= 4 is 6.03 Å². The average molecular weight is 115 g/mol. The molecule has 0 atom stereocenters. The first-order valence-electron chi connectivity index (χ1n) is 2.57. The molecular weight excluding hydrogens is 106 g/mol. The van der Waals surface area contributed by atoms with Crippen molar-refractivity contribution in [2.45, 2.75) is 0 Å². The van der Waals surface area contributed by atoms with E-state index >= 15 is 0 Å². The number of nitrogens with zero attached hydrogens (tertiary/aromatic N) is 1. The number of rotatable bonds is 1. The molecule has 2 amide bonds. The largest absolute Gasteiger partial charge is 0.335 e. The van der Waals surface area contributed by atoms with Crippen LogP contribution in [0.4, 0.5) is 4.79 Å². The molecule has 0 aromatic carbocycles. The zero-order chi connectivity index (χ0) is 5.98. The Balaban J connectivity index is 2.42. The van der Waals surface area contributed by atoms with Crippen LogP contribution in [0, 0.1) is 0 Å². The van der Waals surface area contributed by atoms with E-state index in [2.05, 4.69) is 10.7 Å². The fraction of sp³-hybridized carbons (Fsp3) is 0.750. The van der Waals surface area contributed by atoms with Crippen LogP contribution < -0.4 is 10.7 Å². The predicted molar refractivity (Wildman–Crippen MR) is 29.2 cm³/mol. The Morgan fingerprint density at radius 1 is 1.88 bits per heavy atom. The molecule has 1 fully saturated rings. The van der Waals surface area contributed by atoms with Gasteiger partial charge in [-0.15, -0.1) is 0 Å². The molecule has 4 heteroatoms. The Morgan fingerprint density at radius 2 is 2.62 bits per heavy atom. The number of carbonyl (C=O) groups is 1. The second-order valence-corrected chi connectivity index (χ2v) is 1.61. The Bertz CT molecular complexity index is 103. The van der Waals surface area contributed by atoms with Gasteiger partial charge in [-0.05, 0) is 0 Å². The molecule has 0 spiro atoms. The van der Waals surface area contributed by atoms with Crippen LogP contribution in [0.2, 0.25) is 0 Å². The molecule has 1 rings (SSSR count). The maximum atomic E-state index is 10.6. The lowest BCUT2D eigenvalue weighted by molar-refractivity contribution is 0.201. The summed E-state index contributed by atoms with van der Waals surface area (Å²) >= 11 is 0.